The van der Waals surface area contributed by atoms with Gasteiger partial charge in [0.1, 0.15) is 23.9 Å². The second-order valence-electron chi connectivity index (χ2n) is 6.41. The number of thioether (sulfide) groups is 1. The van der Waals surface area contributed by atoms with Crippen molar-refractivity contribution >= 4 is 33.9 Å². The van der Waals surface area contributed by atoms with E-state index in [4.69, 9.17) is 9.47 Å². The lowest BCUT2D eigenvalue weighted by Gasteiger charge is -2.13. The predicted molar refractivity (Wildman–Crippen MR) is 106 cm³/mol. The minimum absolute atomic E-state index is 0.145. The Labute approximate surface area is 166 Å². The van der Waals surface area contributed by atoms with Crippen LogP contribution >= 0.6 is 11.8 Å². The number of amides is 2. The number of hydrogen-bond acceptors (Lipinski definition) is 6. The Morgan fingerprint density at radius 3 is 2.54 bits per heavy atom. The van der Waals surface area contributed by atoms with Gasteiger partial charge in [0, 0.05) is 13.1 Å². The van der Waals surface area contributed by atoms with Crippen LogP contribution in [0.5, 0.6) is 11.5 Å². The molecule has 2 heterocycles. The SMILES string of the molecule is COc1ccc2c(c1)nc(COc1ccc(CN3C(=O)CSC3=O)cc1)n2C. The first-order valence-corrected chi connectivity index (χ1v) is 9.72. The Hall–Kier alpha value is -3.00. The maximum Gasteiger partial charge on any atom is 0.289 e. The zero-order chi connectivity index (χ0) is 19.7. The molecule has 8 heteroatoms. The fraction of sp³-hybridized carbons (Fsp3) is 0.250. The zero-order valence-corrected chi connectivity index (χ0v) is 16.4. The van der Waals surface area contributed by atoms with Gasteiger partial charge < -0.3 is 14.0 Å². The Morgan fingerprint density at radius 1 is 1.11 bits per heavy atom. The first-order chi connectivity index (χ1) is 13.5. The number of carbonyl (C=O) groups is 2. The van der Waals surface area contributed by atoms with Gasteiger partial charge in [0.2, 0.25) is 5.91 Å². The molecule has 0 saturated carbocycles. The van der Waals surface area contributed by atoms with Gasteiger partial charge in [-0.15, -0.1) is 0 Å². The van der Waals surface area contributed by atoms with Gasteiger partial charge in [-0.25, -0.2) is 4.98 Å². The number of methoxy groups -OCH3 is 1. The molecule has 0 unspecified atom stereocenters. The molecule has 0 bridgehead atoms. The molecule has 144 valence electrons. The number of hydrogen-bond donors (Lipinski definition) is 0. The van der Waals surface area contributed by atoms with Crippen molar-refractivity contribution in [2.45, 2.75) is 13.2 Å². The van der Waals surface area contributed by atoms with Crippen molar-refractivity contribution in [2.75, 3.05) is 12.9 Å². The van der Waals surface area contributed by atoms with Crippen LogP contribution in [0.2, 0.25) is 0 Å². The lowest BCUT2D eigenvalue weighted by molar-refractivity contribution is -0.125. The van der Waals surface area contributed by atoms with E-state index in [1.165, 1.54) is 4.90 Å². The summed E-state index contributed by atoms with van der Waals surface area (Å²) >= 11 is 1.04. The number of imide groups is 1. The van der Waals surface area contributed by atoms with Gasteiger partial charge in [0.25, 0.3) is 5.24 Å². The van der Waals surface area contributed by atoms with Crippen molar-refractivity contribution in [1.82, 2.24) is 14.5 Å². The fourth-order valence-corrected chi connectivity index (χ4v) is 3.77. The van der Waals surface area contributed by atoms with Crippen LogP contribution in [-0.4, -0.2) is 38.5 Å². The van der Waals surface area contributed by atoms with Gasteiger partial charge >= 0.3 is 0 Å². The summed E-state index contributed by atoms with van der Waals surface area (Å²) in [5.41, 5.74) is 2.74. The van der Waals surface area contributed by atoms with E-state index in [1.807, 2.05) is 54.1 Å². The highest BCUT2D eigenvalue weighted by molar-refractivity contribution is 8.14. The van der Waals surface area contributed by atoms with Crippen LogP contribution in [0.15, 0.2) is 42.5 Å². The Kier molecular flexibility index (Phi) is 4.95. The number of ether oxygens (including phenoxy) is 2. The average molecular weight is 397 g/mol. The Morgan fingerprint density at radius 2 is 1.86 bits per heavy atom. The van der Waals surface area contributed by atoms with Gasteiger partial charge in [0.05, 0.1) is 30.4 Å². The van der Waals surface area contributed by atoms with Crippen LogP contribution in [0, 0.1) is 0 Å². The van der Waals surface area contributed by atoms with Gasteiger partial charge in [-0.2, -0.15) is 0 Å². The third-order valence-electron chi connectivity index (χ3n) is 4.65. The smallest absolute Gasteiger partial charge is 0.289 e. The van der Waals surface area contributed by atoms with Crippen LogP contribution in [0.4, 0.5) is 4.79 Å². The molecule has 0 N–H and O–H groups in total. The van der Waals surface area contributed by atoms with E-state index >= 15 is 0 Å². The van der Waals surface area contributed by atoms with Crippen LogP contribution in [0.25, 0.3) is 11.0 Å². The Bertz CT molecular complexity index is 1030. The number of nitrogens with zero attached hydrogens (tertiary/aromatic N) is 3. The number of aromatic nitrogens is 2. The van der Waals surface area contributed by atoms with E-state index in [9.17, 15) is 9.59 Å². The first-order valence-electron chi connectivity index (χ1n) is 8.73. The first kappa shape index (κ1) is 18.4. The molecule has 28 heavy (non-hydrogen) atoms. The molecule has 1 aliphatic heterocycles. The zero-order valence-electron chi connectivity index (χ0n) is 15.5. The number of benzene rings is 2. The van der Waals surface area contributed by atoms with Crippen molar-refractivity contribution in [2.24, 2.45) is 7.05 Å². The maximum absolute atomic E-state index is 11.7. The van der Waals surface area contributed by atoms with Crippen molar-refractivity contribution in [3.05, 3.63) is 53.9 Å². The highest BCUT2D eigenvalue weighted by atomic mass is 32.2. The minimum Gasteiger partial charge on any atom is -0.497 e. The minimum atomic E-state index is -0.191. The summed E-state index contributed by atoms with van der Waals surface area (Å²) in [6, 6.07) is 13.2. The average Bonchev–Trinajstić information content (AvgIpc) is 3.20. The van der Waals surface area contributed by atoms with Crippen LogP contribution < -0.4 is 9.47 Å². The van der Waals surface area contributed by atoms with Gasteiger partial charge in [0.15, 0.2) is 0 Å². The molecule has 1 aromatic heterocycles. The molecule has 2 aromatic carbocycles. The van der Waals surface area contributed by atoms with E-state index in [0.717, 1.165) is 39.9 Å². The molecule has 4 rings (SSSR count). The predicted octanol–water partition coefficient (Wildman–Crippen LogP) is 3.36. The number of carbonyl (C=O) groups excluding carboxylic acids is 2. The number of aryl methyl sites for hydroxylation is 1. The van der Waals surface area contributed by atoms with E-state index in [0.29, 0.717) is 12.4 Å². The standard InChI is InChI=1S/C20H19N3O4S/c1-22-17-8-7-15(26-2)9-16(17)21-18(22)11-27-14-5-3-13(4-6-14)10-23-19(24)12-28-20(23)25/h3-9H,10-12H2,1-2H3. The van der Waals surface area contributed by atoms with E-state index in [2.05, 4.69) is 4.98 Å². The summed E-state index contributed by atoms with van der Waals surface area (Å²) in [4.78, 5) is 29.3. The fourth-order valence-electron chi connectivity index (χ4n) is 3.04. The van der Waals surface area contributed by atoms with Crippen molar-refractivity contribution in [3.8, 4) is 11.5 Å². The summed E-state index contributed by atoms with van der Waals surface area (Å²) in [6.07, 6.45) is 0. The van der Waals surface area contributed by atoms with Crippen LogP contribution in [-0.2, 0) is 25.0 Å². The van der Waals surface area contributed by atoms with Crippen LogP contribution in [0.3, 0.4) is 0 Å². The topological polar surface area (TPSA) is 73.7 Å². The molecule has 0 atom stereocenters. The molecule has 1 aliphatic rings. The lowest BCUT2D eigenvalue weighted by atomic mass is 10.2. The molecule has 3 aromatic rings. The highest BCUT2D eigenvalue weighted by Crippen LogP contribution is 2.24. The maximum atomic E-state index is 11.7. The third kappa shape index (κ3) is 3.55. The second-order valence-corrected chi connectivity index (χ2v) is 7.34. The van der Waals surface area contributed by atoms with Gasteiger partial charge in [-0.1, -0.05) is 23.9 Å². The van der Waals surface area contributed by atoms with E-state index in [1.54, 1.807) is 7.11 Å². The van der Waals surface area contributed by atoms with Crippen molar-refractivity contribution in [3.63, 3.8) is 0 Å². The van der Waals surface area contributed by atoms with E-state index in [-0.39, 0.29) is 23.4 Å². The molecule has 1 saturated heterocycles. The summed E-state index contributed by atoms with van der Waals surface area (Å²) < 4.78 is 13.1. The molecule has 0 aliphatic carbocycles. The number of rotatable bonds is 6. The monoisotopic (exact) mass is 397 g/mol. The Balaban J connectivity index is 1.42. The van der Waals surface area contributed by atoms with Crippen molar-refractivity contribution < 1.29 is 19.1 Å². The van der Waals surface area contributed by atoms with Gasteiger partial charge in [-0.3, -0.25) is 14.5 Å². The van der Waals surface area contributed by atoms with Crippen molar-refractivity contribution in [1.29, 1.82) is 0 Å². The molecule has 1 fully saturated rings. The highest BCUT2D eigenvalue weighted by Gasteiger charge is 2.29. The summed E-state index contributed by atoms with van der Waals surface area (Å²) in [7, 11) is 3.58. The molecule has 2 amide bonds. The molecular weight excluding hydrogens is 378 g/mol. The largest absolute Gasteiger partial charge is 0.497 e. The van der Waals surface area contributed by atoms with Crippen LogP contribution in [0.1, 0.15) is 11.4 Å². The third-order valence-corrected chi connectivity index (χ3v) is 5.51. The quantitative estimate of drug-likeness (QED) is 0.635. The van der Waals surface area contributed by atoms with E-state index < -0.39 is 0 Å². The summed E-state index contributed by atoms with van der Waals surface area (Å²) in [5, 5.41) is -0.191. The lowest BCUT2D eigenvalue weighted by Crippen LogP contribution is -2.27. The number of fused-ring (bicyclic) bond motifs is 1. The normalized spacial score (nSPS) is 14.1. The van der Waals surface area contributed by atoms with Gasteiger partial charge in [-0.05, 0) is 29.8 Å². The molecular formula is C20H19N3O4S. The summed E-state index contributed by atoms with van der Waals surface area (Å²) in [6.45, 7) is 0.615. The molecule has 7 nitrogen and oxygen atoms in total. The molecule has 0 radical (unpaired) electrons. The second kappa shape index (κ2) is 7.55. The summed E-state index contributed by atoms with van der Waals surface area (Å²) in [5.74, 6) is 2.35. The number of imidazole rings is 1. The molecule has 0 spiro atoms.